The lowest BCUT2D eigenvalue weighted by atomic mass is 10.1. The van der Waals surface area contributed by atoms with E-state index in [2.05, 4.69) is 38.5 Å². The second kappa shape index (κ2) is 6.91. The first-order valence-corrected chi connectivity index (χ1v) is 8.32. The summed E-state index contributed by atoms with van der Waals surface area (Å²) in [7, 11) is 0. The molecule has 0 aliphatic rings. The van der Waals surface area contributed by atoms with E-state index >= 15 is 0 Å². The molecule has 23 heavy (non-hydrogen) atoms. The van der Waals surface area contributed by atoms with Gasteiger partial charge in [0.1, 0.15) is 5.52 Å². The highest BCUT2D eigenvalue weighted by Gasteiger charge is 2.10. The average molecular weight is 373 g/mol. The maximum Gasteiger partial charge on any atom is 0.251 e. The number of hydrogen-bond donors (Lipinski definition) is 1. The summed E-state index contributed by atoms with van der Waals surface area (Å²) < 4.78 is 2.88. The van der Waals surface area contributed by atoms with Crippen LogP contribution >= 0.6 is 15.9 Å². The van der Waals surface area contributed by atoms with Crippen LogP contribution in [-0.2, 0) is 13.1 Å². The number of benzene rings is 2. The molecular formula is C17H17BrN4O. The van der Waals surface area contributed by atoms with Gasteiger partial charge in [0.15, 0.2) is 0 Å². The third-order valence-electron chi connectivity index (χ3n) is 3.58. The van der Waals surface area contributed by atoms with Crippen molar-refractivity contribution in [2.75, 3.05) is 0 Å². The number of nitrogens with one attached hydrogen (secondary N) is 1. The first-order chi connectivity index (χ1) is 11.2. The fourth-order valence-corrected chi connectivity index (χ4v) is 2.64. The molecule has 3 aromatic rings. The van der Waals surface area contributed by atoms with Gasteiger partial charge in [0.05, 0.1) is 5.52 Å². The Morgan fingerprint density at radius 3 is 2.74 bits per heavy atom. The first kappa shape index (κ1) is 15.7. The zero-order valence-electron chi connectivity index (χ0n) is 12.8. The topological polar surface area (TPSA) is 59.8 Å². The SMILES string of the molecule is CCCn1nnc2cc(C(=O)NCc3ccc(Br)cc3)ccc21. The molecule has 0 saturated carbocycles. The van der Waals surface area contributed by atoms with E-state index in [9.17, 15) is 4.79 Å². The first-order valence-electron chi connectivity index (χ1n) is 7.53. The summed E-state index contributed by atoms with van der Waals surface area (Å²) in [4.78, 5) is 12.3. The Hall–Kier alpha value is -2.21. The van der Waals surface area contributed by atoms with Crippen LogP contribution in [-0.4, -0.2) is 20.9 Å². The molecular weight excluding hydrogens is 356 g/mol. The molecule has 1 aromatic heterocycles. The zero-order valence-corrected chi connectivity index (χ0v) is 14.4. The van der Waals surface area contributed by atoms with Crippen LogP contribution in [0.4, 0.5) is 0 Å². The average Bonchev–Trinajstić information content (AvgIpc) is 2.97. The van der Waals surface area contributed by atoms with Crippen LogP contribution in [0, 0.1) is 0 Å². The maximum atomic E-state index is 12.3. The molecule has 0 bridgehead atoms. The molecule has 1 amide bonds. The van der Waals surface area contributed by atoms with Gasteiger partial charge in [0, 0.05) is 23.1 Å². The summed E-state index contributed by atoms with van der Waals surface area (Å²) in [5, 5.41) is 11.2. The Balaban J connectivity index is 1.71. The van der Waals surface area contributed by atoms with Crippen molar-refractivity contribution in [2.24, 2.45) is 0 Å². The largest absolute Gasteiger partial charge is 0.348 e. The lowest BCUT2D eigenvalue weighted by Gasteiger charge is -2.06. The van der Waals surface area contributed by atoms with Crippen LogP contribution in [0.1, 0.15) is 29.3 Å². The van der Waals surface area contributed by atoms with Gasteiger partial charge in [-0.15, -0.1) is 5.10 Å². The van der Waals surface area contributed by atoms with Crippen molar-refractivity contribution in [3.05, 3.63) is 58.1 Å². The third kappa shape index (κ3) is 3.59. The number of halogens is 1. The number of aryl methyl sites for hydroxylation is 1. The number of nitrogens with zero attached hydrogens (tertiary/aromatic N) is 3. The summed E-state index contributed by atoms with van der Waals surface area (Å²) in [6, 6.07) is 13.4. The molecule has 0 aliphatic heterocycles. The van der Waals surface area contributed by atoms with Crippen molar-refractivity contribution in [3.8, 4) is 0 Å². The number of aromatic nitrogens is 3. The summed E-state index contributed by atoms with van der Waals surface area (Å²) in [6.07, 6.45) is 0.994. The Morgan fingerprint density at radius 2 is 2.00 bits per heavy atom. The molecule has 118 valence electrons. The van der Waals surface area contributed by atoms with E-state index in [0.717, 1.165) is 34.0 Å². The number of amides is 1. The lowest BCUT2D eigenvalue weighted by Crippen LogP contribution is -2.22. The van der Waals surface area contributed by atoms with Gasteiger partial charge in [-0.05, 0) is 42.3 Å². The quantitative estimate of drug-likeness (QED) is 0.744. The summed E-state index contributed by atoms with van der Waals surface area (Å²) in [5.74, 6) is -0.111. The molecule has 1 heterocycles. The van der Waals surface area contributed by atoms with Crippen molar-refractivity contribution in [1.82, 2.24) is 20.3 Å². The van der Waals surface area contributed by atoms with E-state index in [1.165, 1.54) is 0 Å². The van der Waals surface area contributed by atoms with Gasteiger partial charge >= 0.3 is 0 Å². The van der Waals surface area contributed by atoms with Crippen LogP contribution in [0.15, 0.2) is 46.9 Å². The predicted molar refractivity (Wildman–Crippen MR) is 93.1 cm³/mol. The molecule has 0 unspecified atom stereocenters. The van der Waals surface area contributed by atoms with E-state index < -0.39 is 0 Å². The van der Waals surface area contributed by atoms with E-state index in [-0.39, 0.29) is 5.91 Å². The fourth-order valence-electron chi connectivity index (χ4n) is 2.38. The zero-order chi connectivity index (χ0) is 16.2. The van der Waals surface area contributed by atoms with E-state index in [0.29, 0.717) is 12.1 Å². The second-order valence-electron chi connectivity index (χ2n) is 5.33. The van der Waals surface area contributed by atoms with Crippen molar-refractivity contribution < 1.29 is 4.79 Å². The van der Waals surface area contributed by atoms with Crippen molar-refractivity contribution >= 4 is 32.9 Å². The number of fused-ring (bicyclic) bond motifs is 1. The molecule has 0 spiro atoms. The van der Waals surface area contributed by atoms with Crippen LogP contribution in [0.25, 0.3) is 11.0 Å². The summed E-state index contributed by atoms with van der Waals surface area (Å²) >= 11 is 3.40. The fraction of sp³-hybridized carbons (Fsp3) is 0.235. The smallest absolute Gasteiger partial charge is 0.251 e. The molecule has 6 heteroatoms. The molecule has 0 atom stereocenters. The minimum atomic E-state index is -0.111. The van der Waals surface area contributed by atoms with E-state index in [1.807, 2.05) is 41.1 Å². The van der Waals surface area contributed by atoms with Crippen molar-refractivity contribution in [2.45, 2.75) is 26.4 Å². The highest BCUT2D eigenvalue weighted by Crippen LogP contribution is 2.14. The Labute approximate surface area is 142 Å². The van der Waals surface area contributed by atoms with Crippen LogP contribution in [0.2, 0.25) is 0 Å². The van der Waals surface area contributed by atoms with Gasteiger partial charge in [-0.1, -0.05) is 40.2 Å². The summed E-state index contributed by atoms with van der Waals surface area (Å²) in [6.45, 7) is 3.41. The van der Waals surface area contributed by atoms with Gasteiger partial charge in [-0.3, -0.25) is 4.79 Å². The molecule has 2 aromatic carbocycles. The Bertz CT molecular complexity index is 826. The van der Waals surface area contributed by atoms with Gasteiger partial charge < -0.3 is 5.32 Å². The number of hydrogen-bond acceptors (Lipinski definition) is 3. The highest BCUT2D eigenvalue weighted by atomic mass is 79.9. The molecule has 1 N–H and O–H groups in total. The molecule has 5 nitrogen and oxygen atoms in total. The lowest BCUT2D eigenvalue weighted by molar-refractivity contribution is 0.0951. The highest BCUT2D eigenvalue weighted by molar-refractivity contribution is 9.10. The minimum Gasteiger partial charge on any atom is -0.348 e. The van der Waals surface area contributed by atoms with Gasteiger partial charge in [-0.25, -0.2) is 4.68 Å². The standard InChI is InChI=1S/C17H17BrN4O/c1-2-9-22-16-8-5-13(10-15(16)20-21-22)17(23)19-11-12-3-6-14(18)7-4-12/h3-8,10H,2,9,11H2,1H3,(H,19,23). The number of rotatable bonds is 5. The predicted octanol–water partition coefficient (Wildman–Crippen LogP) is 3.53. The molecule has 0 saturated heterocycles. The monoisotopic (exact) mass is 372 g/mol. The van der Waals surface area contributed by atoms with Crippen molar-refractivity contribution in [1.29, 1.82) is 0 Å². The number of carbonyl (C=O) groups is 1. The minimum absolute atomic E-state index is 0.111. The van der Waals surface area contributed by atoms with Gasteiger partial charge in [0.25, 0.3) is 5.91 Å². The molecule has 3 rings (SSSR count). The van der Waals surface area contributed by atoms with Crippen LogP contribution in [0.3, 0.4) is 0 Å². The summed E-state index contributed by atoms with van der Waals surface area (Å²) in [5.41, 5.74) is 3.35. The molecule has 0 radical (unpaired) electrons. The normalized spacial score (nSPS) is 10.9. The van der Waals surface area contributed by atoms with E-state index in [1.54, 1.807) is 6.07 Å². The van der Waals surface area contributed by atoms with Crippen LogP contribution < -0.4 is 5.32 Å². The maximum absolute atomic E-state index is 12.3. The Kier molecular flexibility index (Phi) is 4.71. The number of carbonyl (C=O) groups excluding carboxylic acids is 1. The van der Waals surface area contributed by atoms with Gasteiger partial charge in [0.2, 0.25) is 0 Å². The molecule has 0 fully saturated rings. The molecule has 0 aliphatic carbocycles. The third-order valence-corrected chi connectivity index (χ3v) is 4.11. The van der Waals surface area contributed by atoms with Gasteiger partial charge in [-0.2, -0.15) is 0 Å². The second-order valence-corrected chi connectivity index (χ2v) is 6.24. The van der Waals surface area contributed by atoms with Crippen LogP contribution in [0.5, 0.6) is 0 Å². The van der Waals surface area contributed by atoms with Crippen molar-refractivity contribution in [3.63, 3.8) is 0 Å². The van der Waals surface area contributed by atoms with E-state index in [4.69, 9.17) is 0 Å². The Morgan fingerprint density at radius 1 is 1.22 bits per heavy atom.